The fraction of sp³-hybridized carbons (Fsp3) is 0.217. The molecule has 0 aliphatic rings. The fourth-order valence-electron chi connectivity index (χ4n) is 4.36. The normalized spacial score (nSPS) is 10.0. The van der Waals surface area contributed by atoms with Crippen LogP contribution in [0.15, 0.2) is 131 Å². The van der Waals surface area contributed by atoms with E-state index in [2.05, 4.69) is 58.0 Å². The second kappa shape index (κ2) is 37.5. The molecule has 4 aromatic heterocycles. The van der Waals surface area contributed by atoms with Crippen LogP contribution in [0, 0.1) is 0 Å². The predicted octanol–water partition coefficient (Wildman–Crippen LogP) is 3.40. The first-order chi connectivity index (χ1) is 33.8. The summed E-state index contributed by atoms with van der Waals surface area (Å²) in [4.78, 5) is 97.9. The molecule has 0 atom stereocenters. The average Bonchev–Trinajstić information content (AvgIpc) is 4.04. The number of carbonyl (C=O) groups excluding carboxylic acids is 6. The number of hydrogen-bond acceptors (Lipinski definition) is 23. The maximum Gasteiger partial charge on any atom is 1.00 e. The molecule has 3 radical (unpaired) electrons. The number of anilines is 2. The summed E-state index contributed by atoms with van der Waals surface area (Å²) < 4.78 is 13.6. The van der Waals surface area contributed by atoms with E-state index in [9.17, 15) is 28.8 Å². The van der Waals surface area contributed by atoms with Crippen LogP contribution in [0.3, 0.4) is 0 Å². The third-order valence-corrected chi connectivity index (χ3v) is 8.78. The Bertz CT molecular complexity index is 2530. The van der Waals surface area contributed by atoms with Gasteiger partial charge in [-0.25, -0.2) is 38.9 Å². The minimum atomic E-state index is -0.639. The molecule has 0 spiro atoms. The number of hydrogen-bond donors (Lipinski definition) is 2. The van der Waals surface area contributed by atoms with Gasteiger partial charge in [-0.2, -0.15) is 0 Å². The van der Waals surface area contributed by atoms with Crippen LogP contribution < -0.4 is 40.6 Å². The van der Waals surface area contributed by atoms with Gasteiger partial charge < -0.3 is 42.9 Å². The maximum atomic E-state index is 12.3. The third-order valence-electron chi connectivity index (χ3n) is 7.31. The average molecular weight is 1020 g/mol. The second-order valence-corrected chi connectivity index (χ2v) is 14.5. The SMILES string of the molecule is CC(=O)OOC(C)=O.CCOC(=O)/C(=N\OCc1ccccc1)c1csc(N)n1.CCOC(=O)/C(=N\OCc1ccccc1)c1csc(NCc2ccccn2)n1.O=Cc1ccccn1.[B-]OC(C)=O.[Na+]. The molecule has 2 aromatic carbocycles. The molecule has 4 heterocycles. The Labute approximate surface area is 440 Å². The number of benzene rings is 2. The number of nitrogens with zero attached hydrogens (tertiary/aromatic N) is 6. The van der Waals surface area contributed by atoms with Gasteiger partial charge in [0.05, 0.1) is 25.5 Å². The molecule has 71 heavy (non-hydrogen) atoms. The molecule has 0 bridgehead atoms. The van der Waals surface area contributed by atoms with E-state index in [0.717, 1.165) is 37.0 Å². The van der Waals surface area contributed by atoms with Crippen LogP contribution in [0.25, 0.3) is 0 Å². The summed E-state index contributed by atoms with van der Waals surface area (Å²) in [6.07, 6.45) is 4.05. The van der Waals surface area contributed by atoms with Crippen molar-refractivity contribution in [1.29, 1.82) is 0 Å². The summed E-state index contributed by atoms with van der Waals surface area (Å²) in [5.74, 6) is -2.90. The summed E-state index contributed by atoms with van der Waals surface area (Å²) in [5.41, 5.74) is 9.65. The zero-order valence-electron chi connectivity index (χ0n) is 39.6. The second-order valence-electron chi connectivity index (χ2n) is 12.8. The van der Waals surface area contributed by atoms with Crippen molar-refractivity contribution in [1.82, 2.24) is 19.9 Å². The summed E-state index contributed by atoms with van der Waals surface area (Å²) in [5, 5.41) is 15.4. The predicted molar refractivity (Wildman–Crippen MR) is 260 cm³/mol. The Hall–Kier alpha value is -7.38. The van der Waals surface area contributed by atoms with Crippen LogP contribution in [-0.4, -0.2) is 88.8 Å². The number of ether oxygens (including phenoxy) is 2. The number of nitrogen functional groups attached to an aromatic ring is 1. The summed E-state index contributed by atoms with van der Waals surface area (Å²) in [6, 6.07) is 30.0. The fourth-order valence-corrected chi connectivity index (χ4v) is 5.60. The molecule has 0 amide bonds. The quantitative estimate of drug-likeness (QED) is 0.0351. The van der Waals surface area contributed by atoms with Gasteiger partial charge >= 0.3 is 53.4 Å². The van der Waals surface area contributed by atoms with Crippen molar-refractivity contribution < 1.29 is 91.9 Å². The Morgan fingerprint density at radius 2 is 1.13 bits per heavy atom. The zero-order valence-corrected chi connectivity index (χ0v) is 43.3. The van der Waals surface area contributed by atoms with E-state index in [-0.39, 0.29) is 67.4 Å². The van der Waals surface area contributed by atoms with Crippen LogP contribution in [0.5, 0.6) is 0 Å². The van der Waals surface area contributed by atoms with Gasteiger partial charge in [0.15, 0.2) is 16.5 Å². The number of oxime groups is 2. The smallest absolute Gasteiger partial charge is 0.793 e. The van der Waals surface area contributed by atoms with Gasteiger partial charge in [0, 0.05) is 43.9 Å². The van der Waals surface area contributed by atoms with Gasteiger partial charge in [-0.1, -0.05) is 83.1 Å². The molecule has 21 nitrogen and oxygen atoms in total. The molecular weight excluding hydrogens is 970 g/mol. The summed E-state index contributed by atoms with van der Waals surface area (Å²) in [7, 11) is 4.32. The van der Waals surface area contributed by atoms with E-state index in [1.165, 1.54) is 29.6 Å². The molecule has 6 aromatic rings. The number of carbonyl (C=O) groups is 6. The summed E-state index contributed by atoms with van der Waals surface area (Å²) in [6.45, 7) is 8.50. The molecule has 0 saturated heterocycles. The minimum absolute atomic E-state index is 0. The van der Waals surface area contributed by atoms with E-state index in [1.54, 1.807) is 55.2 Å². The van der Waals surface area contributed by atoms with Crippen molar-refractivity contribution in [2.45, 2.75) is 54.4 Å². The number of nitrogens with two attached hydrogens (primary N) is 1. The monoisotopic (exact) mass is 1020 g/mol. The van der Waals surface area contributed by atoms with E-state index in [4.69, 9.17) is 24.9 Å². The van der Waals surface area contributed by atoms with Gasteiger partial charge in [0.25, 0.3) is 0 Å². The van der Waals surface area contributed by atoms with Crippen molar-refractivity contribution in [3.8, 4) is 0 Å². The molecule has 0 unspecified atom stereocenters. The number of esters is 2. The molecular formula is C46H49BN8NaO13S2. The number of thiazole rings is 2. The van der Waals surface area contributed by atoms with Gasteiger partial charge in [-0.15, -0.1) is 22.7 Å². The van der Waals surface area contributed by atoms with Crippen LogP contribution in [0.2, 0.25) is 0 Å². The van der Waals surface area contributed by atoms with E-state index >= 15 is 0 Å². The number of aldehydes is 1. The van der Waals surface area contributed by atoms with Gasteiger partial charge in [0.2, 0.25) is 17.4 Å². The van der Waals surface area contributed by atoms with Crippen LogP contribution in [0.1, 0.15) is 73.3 Å². The van der Waals surface area contributed by atoms with E-state index in [1.807, 2.05) is 78.9 Å². The molecule has 0 aliphatic carbocycles. The minimum Gasteiger partial charge on any atom is -0.793 e. The third kappa shape index (κ3) is 28.0. The van der Waals surface area contributed by atoms with E-state index in [0.29, 0.717) is 33.9 Å². The molecule has 0 aliphatic heterocycles. The van der Waals surface area contributed by atoms with Crippen molar-refractivity contribution in [3.05, 3.63) is 154 Å². The Balaban J connectivity index is 0.000000510. The molecule has 367 valence electrons. The van der Waals surface area contributed by atoms with Gasteiger partial charge in [-0.3, -0.25) is 19.6 Å². The maximum absolute atomic E-state index is 12.3. The molecule has 0 fully saturated rings. The first-order valence-electron chi connectivity index (χ1n) is 20.5. The van der Waals surface area contributed by atoms with Crippen molar-refractivity contribution in [3.63, 3.8) is 0 Å². The molecule has 25 heteroatoms. The number of pyridine rings is 2. The summed E-state index contributed by atoms with van der Waals surface area (Å²) >= 11 is 2.59. The zero-order chi connectivity index (χ0) is 51.4. The number of rotatable bonds is 16. The van der Waals surface area contributed by atoms with Crippen LogP contribution >= 0.6 is 22.7 Å². The molecule has 3 N–H and O–H groups in total. The molecule has 6 rings (SSSR count). The topological polar surface area (TPSA) is 281 Å². The first-order valence-corrected chi connectivity index (χ1v) is 22.3. The largest absolute Gasteiger partial charge is 1.00 e. The van der Waals surface area contributed by atoms with Crippen molar-refractivity contribution in [2.75, 3.05) is 24.3 Å². The van der Waals surface area contributed by atoms with Crippen molar-refractivity contribution >= 4 is 88.5 Å². The molecule has 0 saturated carbocycles. The van der Waals surface area contributed by atoms with Crippen LogP contribution in [0.4, 0.5) is 10.3 Å². The first kappa shape index (κ1) is 61.6. The Morgan fingerprint density at radius 1 is 0.662 bits per heavy atom. The van der Waals surface area contributed by atoms with E-state index < -0.39 is 29.8 Å². The van der Waals surface area contributed by atoms with Gasteiger partial charge in [0.1, 0.15) is 30.3 Å². The Kier molecular flexibility index (Phi) is 32.6. The standard InChI is InChI=1S/C20H20N4O3S.C14H15N3O3S.C6H5NO.C4H6O4.C2H3BO2.Na/c1-2-26-19(25)18(24-27-13-15-8-4-3-5-9-15)17-14-28-20(23-17)22-12-16-10-6-7-11-21-16;1-2-19-13(18)12(11-9-21-14(15)16-11)17-20-8-10-6-4-3-5-7-10;8-5-6-3-1-2-4-7-6;1-3(5)7-8-4(2)6;1-2(4)5-3;/h3-11,14H,2,12-13H2,1H3,(H,22,23);3-7,9H,2,8H2,1H3,(H2,15,16);1-5H;1-2H3;1H3;/q;;;;-1;+1/b24-18-;17-12-;;;;. The number of nitrogens with one attached hydrogen (secondary N) is 1. The number of aromatic nitrogens is 4. The van der Waals surface area contributed by atoms with Gasteiger partial charge in [-0.05, 0) is 49.2 Å². The van der Waals surface area contributed by atoms with Crippen molar-refractivity contribution in [2.24, 2.45) is 10.3 Å². The Morgan fingerprint density at radius 3 is 1.51 bits per heavy atom. The van der Waals surface area contributed by atoms with Crippen LogP contribution in [-0.2, 0) is 77.3 Å².